The first kappa shape index (κ1) is 36.6. The number of halogens is 5. The molecular formula is C29H25BClF4NOPRe-. The average molecular weight is 743 g/mol. The van der Waals surface area contributed by atoms with Crippen LogP contribution in [0.15, 0.2) is 121 Å². The van der Waals surface area contributed by atoms with Gasteiger partial charge >= 0.3 is 7.25 Å². The van der Waals surface area contributed by atoms with Crippen molar-refractivity contribution in [2.45, 2.75) is 0 Å². The van der Waals surface area contributed by atoms with Crippen molar-refractivity contribution < 1.29 is 37.7 Å². The van der Waals surface area contributed by atoms with Gasteiger partial charge in [0.25, 0.3) is 0 Å². The van der Waals surface area contributed by atoms with Gasteiger partial charge in [-0.3, -0.25) is 0 Å². The third kappa shape index (κ3) is 18.5. The van der Waals surface area contributed by atoms with Crippen molar-refractivity contribution in [3.05, 3.63) is 163 Å². The number of nitroso groups, excluding NO2 is 1. The van der Waals surface area contributed by atoms with E-state index in [0.29, 0.717) is 0 Å². The molecule has 0 N–H and O–H groups in total. The van der Waals surface area contributed by atoms with Gasteiger partial charge in [0.05, 0.1) is 0 Å². The Morgan fingerprint density at radius 2 is 0.692 bits per heavy atom. The second-order valence-corrected chi connectivity index (χ2v) is 9.75. The first-order valence-electron chi connectivity index (χ1n) is 11.2. The van der Waals surface area contributed by atoms with Crippen molar-refractivity contribution in [3.63, 3.8) is 0 Å². The standard InChI is InChI=1S/C18H15P.C6H5Cl.C5H5.BF4.NO.Re/c1-4-10-16(11-5-1)19(17-12-6-2-7-13-17)18-14-8-3-9-15-18;7-6-4-2-1-3-5-6;1-2-4-5-3-1;2-1(3,4)5;1-2;/h1-15H;1-5H;1-5H;;;/q;;;-1;;. The molecule has 2 nitrogen and oxygen atoms in total. The maximum absolute atomic E-state index is 9.75. The summed E-state index contributed by atoms with van der Waals surface area (Å²) in [4.78, 5) is 7.25. The van der Waals surface area contributed by atoms with Crippen LogP contribution < -0.4 is 21.5 Å². The van der Waals surface area contributed by atoms with Crippen molar-refractivity contribution in [3.8, 4) is 0 Å². The Kier molecular flexibility index (Phi) is 21.1. The number of hydrogen-bond acceptors (Lipinski definition) is 1. The fourth-order valence-corrected chi connectivity index (χ4v) is 5.36. The molecule has 10 heteroatoms. The van der Waals surface area contributed by atoms with E-state index in [1.807, 2.05) is 62.4 Å². The molecule has 0 aromatic heterocycles. The Balaban J connectivity index is 0.000000593. The van der Waals surface area contributed by atoms with E-state index in [-0.39, 0.29) is 20.4 Å². The molecule has 203 valence electrons. The maximum atomic E-state index is 9.75. The molecular weight excluding hydrogens is 718 g/mol. The molecule has 0 spiro atoms. The Morgan fingerprint density at radius 3 is 0.872 bits per heavy atom. The minimum absolute atomic E-state index is 0. The van der Waals surface area contributed by atoms with Gasteiger partial charge in [-0.25, -0.2) is 0 Å². The molecule has 7 radical (unpaired) electrons. The first-order valence-corrected chi connectivity index (χ1v) is 12.9. The molecule has 0 saturated heterocycles. The van der Waals surface area contributed by atoms with E-state index >= 15 is 0 Å². The van der Waals surface area contributed by atoms with Crippen LogP contribution in [0.5, 0.6) is 0 Å². The minimum atomic E-state index is -6.00. The molecule has 0 aliphatic heterocycles. The normalized spacial score (nSPS) is 11.4. The van der Waals surface area contributed by atoms with Gasteiger partial charge in [0, 0.05) is 25.4 Å². The van der Waals surface area contributed by atoms with Crippen LogP contribution in [0.3, 0.4) is 0 Å². The smallest absolute Gasteiger partial charge is 0.418 e. The predicted molar refractivity (Wildman–Crippen MR) is 154 cm³/mol. The van der Waals surface area contributed by atoms with Crippen LogP contribution >= 0.6 is 19.5 Å². The molecule has 0 atom stereocenters. The molecule has 39 heavy (non-hydrogen) atoms. The number of rotatable bonds is 3. The number of nitrogens with zero attached hydrogens (tertiary/aromatic N) is 1. The molecule has 0 heterocycles. The summed E-state index contributed by atoms with van der Waals surface area (Å²) in [5.74, 6) is 0. The third-order valence-electron chi connectivity index (χ3n) is 4.33. The topological polar surface area (TPSA) is 39.4 Å². The van der Waals surface area contributed by atoms with Gasteiger partial charge in [-0.05, 0) is 68.1 Å². The predicted octanol–water partition coefficient (Wildman–Crippen LogP) is 7.66. The minimum Gasteiger partial charge on any atom is -0.418 e. The van der Waals surface area contributed by atoms with Crippen molar-refractivity contribution in [1.29, 1.82) is 0 Å². The van der Waals surface area contributed by atoms with E-state index in [1.54, 1.807) is 0 Å². The fourth-order valence-electron chi connectivity index (χ4n) is 2.91. The number of hydrogen-bond donors (Lipinski definition) is 0. The van der Waals surface area contributed by atoms with Crippen LogP contribution in [0.4, 0.5) is 17.3 Å². The second-order valence-electron chi connectivity index (χ2n) is 7.09. The summed E-state index contributed by atoms with van der Waals surface area (Å²) in [6.45, 7) is 0. The quantitative estimate of drug-likeness (QED) is 0.121. The summed E-state index contributed by atoms with van der Waals surface area (Å²) in [6, 6.07) is 41.8. The Bertz CT molecular complexity index is 990. The number of benzene rings is 4. The van der Waals surface area contributed by atoms with Gasteiger partial charge in [0.2, 0.25) is 0 Å². The van der Waals surface area contributed by atoms with E-state index in [2.05, 4.69) is 91.0 Å². The van der Waals surface area contributed by atoms with Gasteiger partial charge in [-0.1, -0.05) is 121 Å². The summed E-state index contributed by atoms with van der Waals surface area (Å²) in [7, 11) is -6.45. The molecule has 4 aromatic carbocycles. The summed E-state index contributed by atoms with van der Waals surface area (Å²) < 4.78 is 39.0. The van der Waals surface area contributed by atoms with Crippen molar-refractivity contribution >= 4 is 42.7 Å². The van der Waals surface area contributed by atoms with Crippen molar-refractivity contribution in [1.82, 2.24) is 5.59 Å². The van der Waals surface area contributed by atoms with E-state index in [0.717, 1.165) is 5.02 Å². The van der Waals surface area contributed by atoms with Gasteiger partial charge in [0.1, 0.15) is 5.59 Å². The van der Waals surface area contributed by atoms with Crippen LogP contribution in [0.25, 0.3) is 0 Å². The molecule has 0 bridgehead atoms. The zero-order chi connectivity index (χ0) is 28.1. The molecule has 1 saturated carbocycles. The van der Waals surface area contributed by atoms with E-state index in [4.69, 9.17) is 22.1 Å². The van der Waals surface area contributed by atoms with Crippen molar-refractivity contribution in [2.24, 2.45) is 0 Å². The van der Waals surface area contributed by atoms with Gasteiger partial charge in [-0.15, -0.1) is 4.91 Å². The van der Waals surface area contributed by atoms with E-state index < -0.39 is 15.2 Å². The summed E-state index contributed by atoms with van der Waals surface area (Å²) in [5.41, 5.74) is 5.75. The van der Waals surface area contributed by atoms with Gasteiger partial charge in [0.15, 0.2) is 0 Å². The molecule has 1 aliphatic carbocycles. The Hall–Kier alpha value is -2.35. The molecule has 1 fully saturated rings. The Labute approximate surface area is 248 Å². The summed E-state index contributed by atoms with van der Waals surface area (Å²) >= 11 is 5.54. The van der Waals surface area contributed by atoms with Gasteiger partial charge in [-0.2, -0.15) is 0 Å². The van der Waals surface area contributed by atoms with Crippen molar-refractivity contribution in [2.75, 3.05) is 0 Å². The van der Waals surface area contributed by atoms with E-state index in [9.17, 15) is 17.3 Å². The van der Waals surface area contributed by atoms with Crippen LogP contribution in [0.1, 0.15) is 0 Å². The third-order valence-corrected chi connectivity index (χ3v) is 7.03. The summed E-state index contributed by atoms with van der Waals surface area (Å²) in [6.07, 6.45) is 10.0. The van der Waals surface area contributed by atoms with Crippen LogP contribution in [0.2, 0.25) is 5.02 Å². The largest absolute Gasteiger partial charge is 0.673 e. The maximum Gasteiger partial charge on any atom is 0.673 e. The zero-order valence-corrected chi connectivity index (χ0v) is 24.9. The first-order chi connectivity index (χ1) is 18.3. The monoisotopic (exact) mass is 743 g/mol. The molecule has 0 amide bonds. The molecule has 5 rings (SSSR count). The fraction of sp³-hybridized carbons (Fsp3) is 0. The van der Waals surface area contributed by atoms with E-state index in [1.165, 1.54) is 15.9 Å². The SMILES string of the molecule is Clc1ccccc1.F[B-](F)(F)F.[CH]1[CH][CH][CH][CH]1.[N]=O.[Re].c1ccc(P(c2ccccc2)c2ccccc2)cc1. The van der Waals surface area contributed by atoms with Crippen LogP contribution in [0, 0.1) is 37.0 Å². The molecule has 1 aliphatic rings. The second kappa shape index (κ2) is 22.5. The Morgan fingerprint density at radius 1 is 0.487 bits per heavy atom. The zero-order valence-electron chi connectivity index (χ0n) is 20.6. The van der Waals surface area contributed by atoms with Crippen LogP contribution in [-0.4, -0.2) is 7.25 Å². The summed E-state index contributed by atoms with van der Waals surface area (Å²) in [5, 5.41) is 4.99. The van der Waals surface area contributed by atoms with Crippen LogP contribution in [-0.2, 0) is 20.4 Å². The average Bonchev–Trinajstić information content (AvgIpc) is 3.53. The molecule has 4 aromatic rings. The van der Waals surface area contributed by atoms with Gasteiger partial charge < -0.3 is 17.3 Å². The molecule has 0 unspecified atom stereocenters.